The molecule has 1 rings (SSSR count). The summed E-state index contributed by atoms with van der Waals surface area (Å²) in [5.41, 5.74) is 0. The number of nitrogens with one attached hydrogen (secondary N) is 1. The van der Waals surface area contributed by atoms with E-state index in [0.717, 1.165) is 24.6 Å². The monoisotopic (exact) mass is 275 g/mol. The lowest BCUT2D eigenvalue weighted by Crippen LogP contribution is -2.10. The van der Waals surface area contributed by atoms with Crippen LogP contribution in [0.25, 0.3) is 0 Å². The minimum Gasteiger partial charge on any atom is -0.481 e. The summed E-state index contributed by atoms with van der Waals surface area (Å²) in [5.74, 6) is -1.05. The van der Waals surface area contributed by atoms with Gasteiger partial charge in [-0.15, -0.1) is 10.2 Å². The van der Waals surface area contributed by atoms with Gasteiger partial charge in [-0.05, 0) is 6.42 Å². The van der Waals surface area contributed by atoms with Crippen molar-refractivity contribution in [3.8, 4) is 0 Å². The number of thioether (sulfide) groups is 1. The van der Waals surface area contributed by atoms with Gasteiger partial charge in [0.2, 0.25) is 11.0 Å². The summed E-state index contributed by atoms with van der Waals surface area (Å²) in [7, 11) is 0. The molecule has 0 aliphatic rings. The molecule has 0 fully saturated rings. The number of amides is 1. The largest absolute Gasteiger partial charge is 0.481 e. The predicted molar refractivity (Wildman–Crippen MR) is 66.4 cm³/mol. The van der Waals surface area contributed by atoms with Crippen LogP contribution in [0.3, 0.4) is 0 Å². The summed E-state index contributed by atoms with van der Waals surface area (Å²) < 4.78 is 0.540. The third-order valence-corrected chi connectivity index (χ3v) is 3.69. The SMILES string of the molecule is CCCCC(=O)Nc1nnc(SCC(=O)O)s1. The Bertz CT molecular complexity index is 395. The Labute approximate surface area is 107 Å². The fourth-order valence-electron chi connectivity index (χ4n) is 0.961. The van der Waals surface area contributed by atoms with E-state index < -0.39 is 5.97 Å². The van der Waals surface area contributed by atoms with Crippen LogP contribution in [0.15, 0.2) is 4.34 Å². The Morgan fingerprint density at radius 2 is 2.24 bits per heavy atom. The standard InChI is InChI=1S/C9H13N3O3S2/c1-2-3-4-6(13)10-8-11-12-9(17-8)16-5-7(14)15/h2-5H2,1H3,(H,14,15)(H,10,11,13). The number of aliphatic carboxylic acids is 1. The zero-order valence-corrected chi connectivity index (χ0v) is 10.9. The molecule has 0 bridgehead atoms. The number of anilines is 1. The third kappa shape index (κ3) is 5.64. The average molecular weight is 275 g/mol. The second kappa shape index (κ2) is 7.23. The molecule has 0 unspecified atom stereocenters. The Kier molecular flexibility index (Phi) is 5.92. The third-order valence-electron chi connectivity index (χ3n) is 1.73. The summed E-state index contributed by atoms with van der Waals surface area (Å²) >= 11 is 2.27. The highest BCUT2D eigenvalue weighted by Gasteiger charge is 2.09. The maximum absolute atomic E-state index is 11.4. The van der Waals surface area contributed by atoms with Crippen LogP contribution in [0.4, 0.5) is 5.13 Å². The predicted octanol–water partition coefficient (Wildman–Crippen LogP) is 1.84. The van der Waals surface area contributed by atoms with Crippen LogP contribution in [0.2, 0.25) is 0 Å². The second-order valence-corrected chi connectivity index (χ2v) is 5.41. The highest BCUT2D eigenvalue weighted by molar-refractivity contribution is 8.01. The van der Waals surface area contributed by atoms with Crippen LogP contribution in [0.5, 0.6) is 0 Å². The molecule has 0 radical (unpaired) electrons. The molecule has 8 heteroatoms. The molecule has 1 aromatic rings. The lowest BCUT2D eigenvalue weighted by molar-refractivity contribution is -0.133. The zero-order chi connectivity index (χ0) is 12.7. The topological polar surface area (TPSA) is 92.2 Å². The van der Waals surface area contributed by atoms with Crippen LogP contribution >= 0.6 is 23.1 Å². The molecular weight excluding hydrogens is 262 g/mol. The first kappa shape index (κ1) is 13.9. The second-order valence-electron chi connectivity index (χ2n) is 3.21. The van der Waals surface area contributed by atoms with Crippen LogP contribution in [0, 0.1) is 0 Å². The van der Waals surface area contributed by atoms with Gasteiger partial charge in [0.05, 0.1) is 5.75 Å². The van der Waals surface area contributed by atoms with Gasteiger partial charge < -0.3 is 10.4 Å². The Morgan fingerprint density at radius 3 is 2.88 bits per heavy atom. The van der Waals surface area contributed by atoms with E-state index in [9.17, 15) is 9.59 Å². The normalized spacial score (nSPS) is 10.2. The number of hydrogen-bond donors (Lipinski definition) is 2. The maximum Gasteiger partial charge on any atom is 0.313 e. The molecule has 0 aromatic carbocycles. The van der Waals surface area contributed by atoms with E-state index in [2.05, 4.69) is 15.5 Å². The minimum atomic E-state index is -0.904. The van der Waals surface area contributed by atoms with E-state index in [-0.39, 0.29) is 11.7 Å². The molecule has 1 aromatic heterocycles. The number of nitrogens with zero attached hydrogens (tertiary/aromatic N) is 2. The van der Waals surface area contributed by atoms with Crippen molar-refractivity contribution in [3.63, 3.8) is 0 Å². The molecule has 6 nitrogen and oxygen atoms in total. The van der Waals surface area contributed by atoms with Crippen molar-refractivity contribution in [3.05, 3.63) is 0 Å². The van der Waals surface area contributed by atoms with E-state index in [4.69, 9.17) is 5.11 Å². The first-order valence-electron chi connectivity index (χ1n) is 5.09. The fraction of sp³-hybridized carbons (Fsp3) is 0.556. The first-order chi connectivity index (χ1) is 8.11. The Morgan fingerprint density at radius 1 is 1.47 bits per heavy atom. The van der Waals surface area contributed by atoms with Crippen molar-refractivity contribution < 1.29 is 14.7 Å². The van der Waals surface area contributed by atoms with Crippen molar-refractivity contribution in [2.45, 2.75) is 30.5 Å². The highest BCUT2D eigenvalue weighted by atomic mass is 32.2. The number of carbonyl (C=O) groups is 2. The summed E-state index contributed by atoms with van der Waals surface area (Å²) in [6.45, 7) is 2.01. The molecule has 1 heterocycles. The summed E-state index contributed by atoms with van der Waals surface area (Å²) in [6, 6.07) is 0. The number of hydrogen-bond acceptors (Lipinski definition) is 6. The van der Waals surface area contributed by atoms with Gasteiger partial charge in [0.15, 0.2) is 4.34 Å². The molecule has 2 N–H and O–H groups in total. The maximum atomic E-state index is 11.4. The van der Waals surface area contributed by atoms with Crippen molar-refractivity contribution in [2.24, 2.45) is 0 Å². The van der Waals surface area contributed by atoms with Crippen molar-refractivity contribution in [2.75, 3.05) is 11.1 Å². The van der Waals surface area contributed by atoms with Crippen LogP contribution < -0.4 is 5.32 Å². The first-order valence-corrected chi connectivity index (χ1v) is 6.90. The van der Waals surface area contributed by atoms with E-state index in [1.807, 2.05) is 6.92 Å². The Balaban J connectivity index is 2.39. The van der Waals surface area contributed by atoms with Crippen molar-refractivity contribution in [1.29, 1.82) is 0 Å². The van der Waals surface area contributed by atoms with Crippen LogP contribution in [-0.4, -0.2) is 32.9 Å². The highest BCUT2D eigenvalue weighted by Crippen LogP contribution is 2.25. The summed E-state index contributed by atoms with van der Waals surface area (Å²) in [6.07, 6.45) is 2.27. The van der Waals surface area contributed by atoms with Gasteiger partial charge in [0, 0.05) is 6.42 Å². The smallest absolute Gasteiger partial charge is 0.313 e. The van der Waals surface area contributed by atoms with Gasteiger partial charge in [-0.1, -0.05) is 36.4 Å². The summed E-state index contributed by atoms with van der Waals surface area (Å²) in [4.78, 5) is 21.7. The molecule has 0 saturated carbocycles. The summed E-state index contributed by atoms with van der Waals surface area (Å²) in [5, 5.41) is 19.1. The van der Waals surface area contributed by atoms with Gasteiger partial charge >= 0.3 is 5.97 Å². The number of carboxylic acids is 1. The van der Waals surface area contributed by atoms with Gasteiger partial charge in [0.1, 0.15) is 0 Å². The number of rotatable bonds is 7. The molecule has 94 valence electrons. The Hall–Kier alpha value is -1.15. The lowest BCUT2D eigenvalue weighted by Gasteiger charge is -1.98. The average Bonchev–Trinajstić information content (AvgIpc) is 2.71. The molecule has 0 saturated heterocycles. The van der Waals surface area contributed by atoms with Gasteiger partial charge in [-0.2, -0.15) is 0 Å². The minimum absolute atomic E-state index is 0.0571. The quantitative estimate of drug-likeness (QED) is 0.582. The molecule has 0 aliphatic carbocycles. The molecule has 0 atom stereocenters. The van der Waals surface area contributed by atoms with E-state index in [0.29, 0.717) is 15.9 Å². The van der Waals surface area contributed by atoms with E-state index >= 15 is 0 Å². The van der Waals surface area contributed by atoms with Crippen molar-refractivity contribution >= 4 is 40.1 Å². The molecule has 1 amide bonds. The number of carboxylic acid groups (broad SMARTS) is 1. The van der Waals surface area contributed by atoms with Crippen LogP contribution in [-0.2, 0) is 9.59 Å². The number of unbranched alkanes of at least 4 members (excludes halogenated alkanes) is 1. The van der Waals surface area contributed by atoms with Crippen LogP contribution in [0.1, 0.15) is 26.2 Å². The van der Waals surface area contributed by atoms with Crippen molar-refractivity contribution in [1.82, 2.24) is 10.2 Å². The lowest BCUT2D eigenvalue weighted by atomic mass is 10.2. The van der Waals surface area contributed by atoms with E-state index in [1.165, 1.54) is 11.3 Å². The van der Waals surface area contributed by atoms with Gasteiger partial charge in [0.25, 0.3) is 0 Å². The number of aromatic nitrogens is 2. The molecule has 0 aliphatic heterocycles. The fourth-order valence-corrected chi connectivity index (χ4v) is 2.45. The van der Waals surface area contributed by atoms with Gasteiger partial charge in [-0.25, -0.2) is 0 Å². The molecule has 17 heavy (non-hydrogen) atoms. The van der Waals surface area contributed by atoms with Gasteiger partial charge in [-0.3, -0.25) is 9.59 Å². The molecular formula is C9H13N3O3S2. The zero-order valence-electron chi connectivity index (χ0n) is 9.30. The number of carbonyl (C=O) groups excluding carboxylic acids is 1. The molecule has 0 spiro atoms. The van der Waals surface area contributed by atoms with E-state index in [1.54, 1.807) is 0 Å².